The van der Waals surface area contributed by atoms with Gasteiger partial charge in [0.15, 0.2) is 0 Å². The fourth-order valence-corrected chi connectivity index (χ4v) is 1.87. The lowest BCUT2D eigenvalue weighted by Gasteiger charge is -2.14. The molecule has 0 aliphatic carbocycles. The van der Waals surface area contributed by atoms with Gasteiger partial charge in [0.2, 0.25) is 0 Å². The van der Waals surface area contributed by atoms with Crippen LogP contribution in [-0.2, 0) is 0 Å². The average Bonchev–Trinajstić information content (AvgIpc) is 2.59. The smallest absolute Gasteiger partial charge is 0.125 e. The first kappa shape index (κ1) is 11.0. The molecule has 84 valence electrons. The molecule has 1 heterocycles. The number of nitrogens with zero attached hydrogens (tertiary/aromatic N) is 2. The van der Waals surface area contributed by atoms with E-state index in [1.54, 1.807) is 10.9 Å². The molecule has 0 fully saturated rings. The van der Waals surface area contributed by atoms with E-state index in [-0.39, 0.29) is 6.04 Å². The van der Waals surface area contributed by atoms with E-state index in [0.29, 0.717) is 5.82 Å². The quantitative estimate of drug-likeness (QED) is 0.870. The summed E-state index contributed by atoms with van der Waals surface area (Å²) in [4.78, 5) is 0. The minimum absolute atomic E-state index is 0.0902. The first-order valence-electron chi connectivity index (χ1n) is 5.14. The molecule has 4 heteroatoms. The summed E-state index contributed by atoms with van der Waals surface area (Å²) in [5.41, 5.74) is 8.04. The van der Waals surface area contributed by atoms with Gasteiger partial charge in [-0.2, -0.15) is 5.10 Å². The molecule has 0 amide bonds. The number of nitrogens with two attached hydrogens (primary N) is 1. The average molecular weight is 236 g/mol. The first-order valence-corrected chi connectivity index (χ1v) is 5.52. The lowest BCUT2D eigenvalue weighted by Crippen LogP contribution is -2.11. The van der Waals surface area contributed by atoms with E-state index in [4.69, 9.17) is 17.3 Å². The maximum atomic E-state index is 5.96. The van der Waals surface area contributed by atoms with Crippen molar-refractivity contribution in [2.45, 2.75) is 19.9 Å². The lowest BCUT2D eigenvalue weighted by molar-refractivity contribution is 0.573. The number of benzene rings is 1. The zero-order valence-corrected chi connectivity index (χ0v) is 10.1. The monoisotopic (exact) mass is 235 g/mol. The van der Waals surface area contributed by atoms with Crippen molar-refractivity contribution in [3.05, 3.63) is 46.6 Å². The van der Waals surface area contributed by atoms with Crippen molar-refractivity contribution in [2.75, 3.05) is 5.73 Å². The third kappa shape index (κ3) is 1.91. The fraction of sp³-hybridized carbons (Fsp3) is 0.250. The Morgan fingerprint density at radius 1 is 1.44 bits per heavy atom. The van der Waals surface area contributed by atoms with Crippen molar-refractivity contribution < 1.29 is 0 Å². The number of hydrogen-bond acceptors (Lipinski definition) is 2. The topological polar surface area (TPSA) is 43.8 Å². The summed E-state index contributed by atoms with van der Waals surface area (Å²) in [6.07, 6.45) is 1.77. The Morgan fingerprint density at radius 2 is 2.19 bits per heavy atom. The van der Waals surface area contributed by atoms with Crippen LogP contribution in [0.4, 0.5) is 5.82 Å². The normalized spacial score (nSPS) is 12.7. The van der Waals surface area contributed by atoms with E-state index in [0.717, 1.165) is 16.1 Å². The SMILES string of the molecule is Cc1cnn(C(C)c2cccc(Cl)c2)c1N. The molecular weight excluding hydrogens is 222 g/mol. The number of halogens is 1. The van der Waals surface area contributed by atoms with Gasteiger partial charge in [-0.1, -0.05) is 23.7 Å². The lowest BCUT2D eigenvalue weighted by atomic mass is 10.1. The number of nitrogen functional groups attached to an aromatic ring is 1. The molecule has 16 heavy (non-hydrogen) atoms. The molecule has 1 unspecified atom stereocenters. The summed E-state index contributed by atoms with van der Waals surface area (Å²) in [7, 11) is 0. The van der Waals surface area contributed by atoms with Crippen molar-refractivity contribution in [3.63, 3.8) is 0 Å². The standard InChI is InChI=1S/C12H14ClN3/c1-8-7-15-16(12(8)14)9(2)10-4-3-5-11(13)6-10/h3-7,9H,14H2,1-2H3. The highest BCUT2D eigenvalue weighted by Gasteiger charge is 2.12. The summed E-state index contributed by atoms with van der Waals surface area (Å²) in [6.45, 7) is 4.00. The van der Waals surface area contributed by atoms with Gasteiger partial charge in [-0.05, 0) is 31.5 Å². The maximum absolute atomic E-state index is 5.96. The van der Waals surface area contributed by atoms with Crippen LogP contribution in [0.1, 0.15) is 24.1 Å². The van der Waals surface area contributed by atoms with E-state index in [1.165, 1.54) is 0 Å². The molecule has 1 atom stereocenters. The van der Waals surface area contributed by atoms with Gasteiger partial charge in [0.05, 0.1) is 12.2 Å². The number of anilines is 1. The third-order valence-corrected chi connectivity index (χ3v) is 2.96. The molecule has 0 bridgehead atoms. The number of aromatic nitrogens is 2. The van der Waals surface area contributed by atoms with Crippen LogP contribution in [0.5, 0.6) is 0 Å². The molecular formula is C12H14ClN3. The second kappa shape index (κ2) is 4.18. The van der Waals surface area contributed by atoms with Crippen LogP contribution in [0.3, 0.4) is 0 Å². The third-order valence-electron chi connectivity index (χ3n) is 2.72. The second-order valence-electron chi connectivity index (χ2n) is 3.89. The van der Waals surface area contributed by atoms with Crippen molar-refractivity contribution in [3.8, 4) is 0 Å². The van der Waals surface area contributed by atoms with Crippen molar-refractivity contribution in [1.29, 1.82) is 0 Å². The summed E-state index contributed by atoms with van der Waals surface area (Å²) in [5, 5.41) is 5.00. The summed E-state index contributed by atoms with van der Waals surface area (Å²) >= 11 is 5.96. The molecule has 0 spiro atoms. The fourth-order valence-electron chi connectivity index (χ4n) is 1.67. The molecule has 1 aromatic carbocycles. The number of hydrogen-bond donors (Lipinski definition) is 1. The van der Waals surface area contributed by atoms with E-state index < -0.39 is 0 Å². The van der Waals surface area contributed by atoms with Gasteiger partial charge in [-0.25, -0.2) is 4.68 Å². The zero-order valence-electron chi connectivity index (χ0n) is 9.31. The highest BCUT2D eigenvalue weighted by atomic mass is 35.5. The minimum Gasteiger partial charge on any atom is -0.384 e. The molecule has 2 N–H and O–H groups in total. The molecule has 2 rings (SSSR count). The first-order chi connectivity index (χ1) is 7.59. The summed E-state index contributed by atoms with van der Waals surface area (Å²) < 4.78 is 1.81. The van der Waals surface area contributed by atoms with Gasteiger partial charge in [0, 0.05) is 10.6 Å². The van der Waals surface area contributed by atoms with Crippen LogP contribution >= 0.6 is 11.6 Å². The Labute approximate surface area is 99.8 Å². The second-order valence-corrected chi connectivity index (χ2v) is 4.32. The largest absolute Gasteiger partial charge is 0.384 e. The Kier molecular flexibility index (Phi) is 2.88. The molecule has 0 aliphatic rings. The predicted octanol–water partition coefficient (Wildman–Crippen LogP) is 3.04. The molecule has 1 aromatic heterocycles. The van der Waals surface area contributed by atoms with E-state index in [2.05, 4.69) is 12.0 Å². The minimum atomic E-state index is 0.0902. The van der Waals surface area contributed by atoms with Crippen molar-refractivity contribution >= 4 is 17.4 Å². The van der Waals surface area contributed by atoms with Gasteiger partial charge in [0.25, 0.3) is 0 Å². The van der Waals surface area contributed by atoms with E-state index in [9.17, 15) is 0 Å². The van der Waals surface area contributed by atoms with Crippen LogP contribution < -0.4 is 5.73 Å². The van der Waals surface area contributed by atoms with Gasteiger partial charge in [-0.3, -0.25) is 0 Å². The van der Waals surface area contributed by atoms with Crippen LogP contribution in [0.15, 0.2) is 30.5 Å². The van der Waals surface area contributed by atoms with Crippen LogP contribution in [0.2, 0.25) is 5.02 Å². The maximum Gasteiger partial charge on any atom is 0.125 e. The summed E-state index contributed by atoms with van der Waals surface area (Å²) in [5.74, 6) is 0.701. The molecule has 0 saturated heterocycles. The molecule has 2 aromatic rings. The predicted molar refractivity (Wildman–Crippen MR) is 66.6 cm³/mol. The van der Waals surface area contributed by atoms with Crippen LogP contribution in [-0.4, -0.2) is 9.78 Å². The molecule has 0 radical (unpaired) electrons. The van der Waals surface area contributed by atoms with Gasteiger partial charge >= 0.3 is 0 Å². The Bertz CT molecular complexity index is 505. The van der Waals surface area contributed by atoms with Crippen molar-refractivity contribution in [2.24, 2.45) is 0 Å². The molecule has 3 nitrogen and oxygen atoms in total. The van der Waals surface area contributed by atoms with Crippen LogP contribution in [0.25, 0.3) is 0 Å². The van der Waals surface area contributed by atoms with E-state index in [1.807, 2.05) is 31.2 Å². The van der Waals surface area contributed by atoms with Crippen LogP contribution in [0, 0.1) is 6.92 Å². The molecule has 0 aliphatic heterocycles. The summed E-state index contributed by atoms with van der Waals surface area (Å²) in [6, 6.07) is 7.83. The van der Waals surface area contributed by atoms with Gasteiger partial charge in [0.1, 0.15) is 5.82 Å². The van der Waals surface area contributed by atoms with E-state index >= 15 is 0 Å². The van der Waals surface area contributed by atoms with Gasteiger partial charge < -0.3 is 5.73 Å². The Morgan fingerprint density at radius 3 is 2.75 bits per heavy atom. The number of rotatable bonds is 2. The molecule has 0 saturated carbocycles. The number of aryl methyl sites for hydroxylation is 1. The highest BCUT2D eigenvalue weighted by Crippen LogP contribution is 2.24. The zero-order chi connectivity index (χ0) is 11.7. The van der Waals surface area contributed by atoms with Crippen molar-refractivity contribution in [1.82, 2.24) is 9.78 Å². The Balaban J connectivity index is 2.39. The van der Waals surface area contributed by atoms with Gasteiger partial charge in [-0.15, -0.1) is 0 Å². The highest BCUT2D eigenvalue weighted by molar-refractivity contribution is 6.30. The Hall–Kier alpha value is -1.48.